The zero-order chi connectivity index (χ0) is 8.10. The zero-order valence-electron chi connectivity index (χ0n) is 7.02. The summed E-state index contributed by atoms with van der Waals surface area (Å²) in [6.45, 7) is 3.97. The van der Waals surface area contributed by atoms with Crippen molar-refractivity contribution in [1.29, 1.82) is 0 Å². The van der Waals surface area contributed by atoms with Crippen LogP contribution in [0.2, 0.25) is 0 Å². The smallest absolute Gasteiger partial charge is 0.220 e. The van der Waals surface area contributed by atoms with E-state index in [1.807, 2.05) is 0 Å². The summed E-state index contributed by atoms with van der Waals surface area (Å²) in [5.74, 6) is 0.208. The van der Waals surface area contributed by atoms with Crippen molar-refractivity contribution in [3.05, 3.63) is 0 Å². The summed E-state index contributed by atoms with van der Waals surface area (Å²) in [5, 5.41) is 6.17. The number of nitrogens with one attached hydrogen (secondary N) is 2. The van der Waals surface area contributed by atoms with Crippen LogP contribution in [0.3, 0.4) is 0 Å². The Morgan fingerprint density at radius 2 is 2.55 bits per heavy atom. The van der Waals surface area contributed by atoms with Gasteiger partial charge < -0.3 is 10.6 Å². The van der Waals surface area contributed by atoms with Crippen molar-refractivity contribution in [3.8, 4) is 0 Å². The maximum atomic E-state index is 10.9. The van der Waals surface area contributed by atoms with Crippen LogP contribution < -0.4 is 10.6 Å². The highest BCUT2D eigenvalue weighted by Crippen LogP contribution is 2.06. The first-order valence-electron chi connectivity index (χ1n) is 4.33. The standard InChI is InChI=1S/C8H16N2O/c1-2-9-6-7-4-3-5-8(11)10-7/h7,9H,2-6H2,1H3,(H,10,11)/t7-/m0/s1. The third-order valence-electron chi connectivity index (χ3n) is 1.96. The van der Waals surface area contributed by atoms with Crippen molar-refractivity contribution in [2.75, 3.05) is 13.1 Å². The molecule has 1 amide bonds. The van der Waals surface area contributed by atoms with Crippen LogP contribution in [0.5, 0.6) is 0 Å². The van der Waals surface area contributed by atoms with Crippen molar-refractivity contribution in [1.82, 2.24) is 10.6 Å². The summed E-state index contributed by atoms with van der Waals surface area (Å²) in [4.78, 5) is 10.9. The Morgan fingerprint density at radius 1 is 1.73 bits per heavy atom. The second-order valence-electron chi connectivity index (χ2n) is 2.96. The molecule has 1 rings (SSSR count). The molecule has 1 aliphatic rings. The molecule has 1 fully saturated rings. The van der Waals surface area contributed by atoms with Gasteiger partial charge in [-0.3, -0.25) is 4.79 Å². The first-order chi connectivity index (χ1) is 5.33. The van der Waals surface area contributed by atoms with Gasteiger partial charge in [0.05, 0.1) is 0 Å². The van der Waals surface area contributed by atoms with E-state index >= 15 is 0 Å². The number of carbonyl (C=O) groups is 1. The topological polar surface area (TPSA) is 41.1 Å². The highest BCUT2D eigenvalue weighted by molar-refractivity contribution is 5.76. The molecule has 0 spiro atoms. The molecule has 3 heteroatoms. The molecule has 0 aromatic rings. The number of rotatable bonds is 3. The molecular weight excluding hydrogens is 140 g/mol. The number of hydrogen-bond acceptors (Lipinski definition) is 2. The van der Waals surface area contributed by atoms with Crippen LogP contribution in [-0.2, 0) is 4.79 Å². The molecule has 0 aromatic carbocycles. The highest BCUT2D eigenvalue weighted by Gasteiger charge is 2.16. The SMILES string of the molecule is CCNC[C@@H]1CCCC(=O)N1. The molecule has 0 aliphatic carbocycles. The lowest BCUT2D eigenvalue weighted by Gasteiger charge is -2.23. The van der Waals surface area contributed by atoms with E-state index < -0.39 is 0 Å². The molecule has 3 nitrogen and oxygen atoms in total. The van der Waals surface area contributed by atoms with Gasteiger partial charge in [-0.1, -0.05) is 6.92 Å². The summed E-state index contributed by atoms with van der Waals surface area (Å²) in [5.41, 5.74) is 0. The molecule has 0 saturated carbocycles. The Balaban J connectivity index is 2.17. The first-order valence-corrected chi connectivity index (χ1v) is 4.33. The maximum Gasteiger partial charge on any atom is 0.220 e. The van der Waals surface area contributed by atoms with Gasteiger partial charge in [-0.15, -0.1) is 0 Å². The molecule has 64 valence electrons. The van der Waals surface area contributed by atoms with Crippen LogP contribution in [0.4, 0.5) is 0 Å². The Bertz CT molecular complexity index is 136. The summed E-state index contributed by atoms with van der Waals surface area (Å²) in [6, 6.07) is 0.371. The van der Waals surface area contributed by atoms with Gasteiger partial charge in [0, 0.05) is 19.0 Å². The normalized spacial score (nSPS) is 24.8. The Kier molecular flexibility index (Phi) is 3.36. The van der Waals surface area contributed by atoms with Gasteiger partial charge in [0.2, 0.25) is 5.91 Å². The van der Waals surface area contributed by atoms with Crippen molar-refractivity contribution in [2.24, 2.45) is 0 Å². The fourth-order valence-corrected chi connectivity index (χ4v) is 1.35. The third kappa shape index (κ3) is 2.89. The van der Waals surface area contributed by atoms with Crippen LogP contribution in [0.1, 0.15) is 26.2 Å². The number of amides is 1. The molecule has 0 bridgehead atoms. The van der Waals surface area contributed by atoms with E-state index in [9.17, 15) is 4.79 Å². The van der Waals surface area contributed by atoms with Gasteiger partial charge in [-0.05, 0) is 19.4 Å². The minimum Gasteiger partial charge on any atom is -0.352 e. The highest BCUT2D eigenvalue weighted by atomic mass is 16.1. The molecule has 1 heterocycles. The molecule has 0 radical (unpaired) electrons. The van der Waals surface area contributed by atoms with Crippen LogP contribution in [0, 0.1) is 0 Å². The maximum absolute atomic E-state index is 10.9. The molecule has 11 heavy (non-hydrogen) atoms. The van der Waals surface area contributed by atoms with Gasteiger partial charge in [-0.25, -0.2) is 0 Å². The lowest BCUT2D eigenvalue weighted by atomic mass is 10.0. The second-order valence-corrected chi connectivity index (χ2v) is 2.96. The van der Waals surface area contributed by atoms with Gasteiger partial charge in [0.25, 0.3) is 0 Å². The van der Waals surface area contributed by atoms with E-state index in [0.29, 0.717) is 12.5 Å². The van der Waals surface area contributed by atoms with E-state index in [1.54, 1.807) is 0 Å². The number of likely N-dealkylation sites (N-methyl/N-ethyl adjacent to an activating group) is 1. The molecule has 0 unspecified atom stereocenters. The van der Waals surface area contributed by atoms with Gasteiger partial charge in [0.15, 0.2) is 0 Å². The van der Waals surface area contributed by atoms with E-state index in [2.05, 4.69) is 17.6 Å². The van der Waals surface area contributed by atoms with Crippen molar-refractivity contribution >= 4 is 5.91 Å². The third-order valence-corrected chi connectivity index (χ3v) is 1.96. The van der Waals surface area contributed by atoms with E-state index in [0.717, 1.165) is 25.9 Å². The Labute approximate surface area is 67.5 Å². The van der Waals surface area contributed by atoms with E-state index in [-0.39, 0.29) is 5.91 Å². The number of hydrogen-bond donors (Lipinski definition) is 2. The predicted octanol–water partition coefficient (Wildman–Crippen LogP) is 0.265. The van der Waals surface area contributed by atoms with E-state index in [1.165, 1.54) is 0 Å². The summed E-state index contributed by atoms with van der Waals surface area (Å²) in [6.07, 6.45) is 2.88. The fourth-order valence-electron chi connectivity index (χ4n) is 1.35. The largest absolute Gasteiger partial charge is 0.352 e. The Morgan fingerprint density at radius 3 is 3.18 bits per heavy atom. The molecule has 1 atom stereocenters. The molecule has 0 aromatic heterocycles. The predicted molar refractivity (Wildman–Crippen MR) is 44.3 cm³/mol. The van der Waals surface area contributed by atoms with Crippen LogP contribution >= 0.6 is 0 Å². The molecular formula is C8H16N2O. The minimum atomic E-state index is 0.208. The lowest BCUT2D eigenvalue weighted by molar-refractivity contribution is -0.123. The summed E-state index contributed by atoms with van der Waals surface area (Å²) < 4.78 is 0. The average Bonchev–Trinajstić information content (AvgIpc) is 2.01. The summed E-state index contributed by atoms with van der Waals surface area (Å²) in [7, 11) is 0. The van der Waals surface area contributed by atoms with Crippen molar-refractivity contribution in [3.63, 3.8) is 0 Å². The monoisotopic (exact) mass is 156 g/mol. The second kappa shape index (κ2) is 4.34. The van der Waals surface area contributed by atoms with Gasteiger partial charge in [-0.2, -0.15) is 0 Å². The van der Waals surface area contributed by atoms with Crippen LogP contribution in [0.25, 0.3) is 0 Å². The zero-order valence-corrected chi connectivity index (χ0v) is 7.02. The van der Waals surface area contributed by atoms with Crippen molar-refractivity contribution in [2.45, 2.75) is 32.2 Å². The number of piperidine rings is 1. The quantitative estimate of drug-likeness (QED) is 0.615. The minimum absolute atomic E-state index is 0.208. The lowest BCUT2D eigenvalue weighted by Crippen LogP contribution is -2.44. The number of carbonyl (C=O) groups excluding carboxylic acids is 1. The molecule has 1 aliphatic heterocycles. The molecule has 2 N–H and O–H groups in total. The average molecular weight is 156 g/mol. The van der Waals surface area contributed by atoms with Crippen LogP contribution in [0.15, 0.2) is 0 Å². The fraction of sp³-hybridized carbons (Fsp3) is 0.875. The van der Waals surface area contributed by atoms with Crippen molar-refractivity contribution < 1.29 is 4.79 Å². The van der Waals surface area contributed by atoms with Gasteiger partial charge in [0.1, 0.15) is 0 Å². The van der Waals surface area contributed by atoms with E-state index in [4.69, 9.17) is 0 Å². The molecule has 1 saturated heterocycles. The van der Waals surface area contributed by atoms with Gasteiger partial charge >= 0.3 is 0 Å². The summed E-state index contributed by atoms with van der Waals surface area (Å²) >= 11 is 0. The van der Waals surface area contributed by atoms with Crippen LogP contribution in [-0.4, -0.2) is 25.0 Å². The first kappa shape index (κ1) is 8.53. The Hall–Kier alpha value is -0.570.